The van der Waals surface area contributed by atoms with Crippen LogP contribution < -0.4 is 14.5 Å². The van der Waals surface area contributed by atoms with E-state index in [9.17, 15) is 0 Å². The van der Waals surface area contributed by atoms with Gasteiger partial charge >= 0.3 is 0 Å². The number of hydrogen-bond acceptors (Lipinski definition) is 4. The van der Waals surface area contributed by atoms with Crippen LogP contribution in [0.4, 0.5) is 11.4 Å². The number of benzene rings is 7. The van der Waals surface area contributed by atoms with Gasteiger partial charge in [-0.3, -0.25) is 0 Å². The van der Waals surface area contributed by atoms with Crippen molar-refractivity contribution in [3.05, 3.63) is 223 Å². The van der Waals surface area contributed by atoms with Gasteiger partial charge in [0.25, 0.3) is 0 Å². The molecular formula is C65H63N4OPt-3. The number of aromatic nitrogens is 2. The van der Waals surface area contributed by atoms with Crippen molar-refractivity contribution < 1.29 is 25.8 Å². The van der Waals surface area contributed by atoms with Gasteiger partial charge < -0.3 is 19.1 Å². The van der Waals surface area contributed by atoms with E-state index >= 15 is 0 Å². The molecule has 0 bridgehead atoms. The summed E-state index contributed by atoms with van der Waals surface area (Å²) in [4.78, 5) is 9.58. The Balaban J connectivity index is 0.00000624. The van der Waals surface area contributed by atoms with Crippen LogP contribution in [-0.2, 0) is 42.7 Å². The fourth-order valence-corrected chi connectivity index (χ4v) is 9.71. The average Bonchev–Trinajstić information content (AvgIpc) is 3.95. The maximum atomic E-state index is 7.17. The molecule has 0 N–H and O–H groups in total. The van der Waals surface area contributed by atoms with Gasteiger partial charge in [0.2, 0.25) is 0 Å². The number of anilines is 2. The molecule has 0 spiro atoms. The first kappa shape index (κ1) is 49.3. The van der Waals surface area contributed by atoms with Gasteiger partial charge in [-0.2, -0.15) is 0 Å². The van der Waals surface area contributed by atoms with Crippen LogP contribution in [0.25, 0.3) is 49.9 Å². The number of para-hydroxylation sites is 1. The number of ether oxygens (including phenoxy) is 1. The van der Waals surface area contributed by atoms with E-state index in [-0.39, 0.29) is 37.3 Å². The van der Waals surface area contributed by atoms with Crippen molar-refractivity contribution in [3.63, 3.8) is 0 Å². The Morgan fingerprint density at radius 3 is 1.75 bits per heavy atom. The van der Waals surface area contributed by atoms with Crippen molar-refractivity contribution in [1.82, 2.24) is 9.55 Å². The second-order valence-corrected chi connectivity index (χ2v) is 22.4. The number of fused-ring (bicyclic) bond motifs is 3. The summed E-state index contributed by atoms with van der Waals surface area (Å²) in [7, 11) is 0. The third-order valence-electron chi connectivity index (χ3n) is 13.8. The standard InChI is InChI=1S/C65H63N4O.Pt/c1-62(2,3)49-31-32-66-60(38-49)69-57-30-22-21-29-55(57)61-56(64(7,8)9)40-54(41-58(61)69)70-53-36-47(45-25-17-13-18-26-45)35-52(39-53)68-43-67(42-59(68)65(10,11)48-27-19-14-20-28-48)51-34-46(44-23-15-12-16-24-44)33-50(37-51)63(4,5)6;/h12-38,40,42-43H,1-11H3;/q-3;. The molecule has 0 aliphatic carbocycles. The smallest absolute Gasteiger partial charge is 0.135 e. The van der Waals surface area contributed by atoms with Crippen molar-refractivity contribution in [2.75, 3.05) is 9.80 Å². The monoisotopic (exact) mass is 1110 g/mol. The predicted molar refractivity (Wildman–Crippen MR) is 293 cm³/mol. The zero-order valence-corrected chi connectivity index (χ0v) is 45.1. The summed E-state index contributed by atoms with van der Waals surface area (Å²) in [5, 5.41) is 2.31. The maximum absolute atomic E-state index is 7.17. The van der Waals surface area contributed by atoms with Crippen LogP contribution in [-0.4, -0.2) is 9.55 Å². The Labute approximate surface area is 436 Å². The fraction of sp³-hybridized carbons (Fsp3) is 0.231. The van der Waals surface area contributed by atoms with E-state index in [4.69, 9.17) is 9.72 Å². The number of nitrogens with zero attached hydrogens (tertiary/aromatic N) is 4. The van der Waals surface area contributed by atoms with Crippen molar-refractivity contribution in [1.29, 1.82) is 0 Å². The largest absolute Gasteiger partial charge is 0.509 e. The van der Waals surface area contributed by atoms with Crippen molar-refractivity contribution in [2.45, 2.75) is 97.8 Å². The van der Waals surface area contributed by atoms with E-state index in [0.717, 1.165) is 55.8 Å². The molecule has 1 aliphatic heterocycles. The number of hydrogen-bond donors (Lipinski definition) is 0. The van der Waals surface area contributed by atoms with E-state index in [1.54, 1.807) is 0 Å². The van der Waals surface area contributed by atoms with Gasteiger partial charge in [0.15, 0.2) is 0 Å². The van der Waals surface area contributed by atoms with Gasteiger partial charge in [0, 0.05) is 61.1 Å². The Kier molecular flexibility index (Phi) is 13.1. The molecule has 0 unspecified atom stereocenters. The van der Waals surface area contributed by atoms with Gasteiger partial charge in [0.1, 0.15) is 5.82 Å². The molecule has 362 valence electrons. The van der Waals surface area contributed by atoms with Crippen molar-refractivity contribution in [3.8, 4) is 39.6 Å². The van der Waals surface area contributed by atoms with Crippen LogP contribution in [0.1, 0.15) is 98.4 Å². The Morgan fingerprint density at radius 1 is 0.521 bits per heavy atom. The average molecular weight is 1110 g/mol. The molecule has 6 heteroatoms. The van der Waals surface area contributed by atoms with Crippen LogP contribution in [0.15, 0.2) is 182 Å². The molecule has 0 fully saturated rings. The first-order valence-electron chi connectivity index (χ1n) is 24.5. The Morgan fingerprint density at radius 2 is 1.11 bits per heavy atom. The van der Waals surface area contributed by atoms with Gasteiger partial charge in [-0.25, -0.2) is 4.98 Å². The second kappa shape index (κ2) is 18.8. The van der Waals surface area contributed by atoms with Gasteiger partial charge in [-0.1, -0.05) is 202 Å². The van der Waals surface area contributed by atoms with Crippen LogP contribution in [0, 0.1) is 18.8 Å². The molecule has 2 aromatic heterocycles. The molecule has 0 saturated carbocycles. The molecule has 10 rings (SSSR count). The first-order valence-corrected chi connectivity index (χ1v) is 24.5. The summed E-state index contributed by atoms with van der Waals surface area (Å²) in [6, 6.07) is 66.1. The van der Waals surface area contributed by atoms with E-state index < -0.39 is 5.41 Å². The van der Waals surface area contributed by atoms with Crippen molar-refractivity contribution >= 4 is 33.2 Å². The van der Waals surface area contributed by atoms with E-state index in [2.05, 4.69) is 279 Å². The number of rotatable bonds is 9. The topological polar surface area (TPSA) is 33.5 Å². The molecule has 71 heavy (non-hydrogen) atoms. The molecule has 1 aliphatic rings. The molecule has 7 aromatic carbocycles. The Hall–Kier alpha value is -6.68. The minimum Gasteiger partial charge on any atom is -0.509 e. The summed E-state index contributed by atoms with van der Waals surface area (Å²) in [5.74, 6) is 2.05. The van der Waals surface area contributed by atoms with Gasteiger partial charge in [-0.15, -0.1) is 53.8 Å². The molecule has 0 amide bonds. The normalized spacial score (nSPS) is 13.4. The summed E-state index contributed by atoms with van der Waals surface area (Å²) in [6.45, 7) is 27.2. The van der Waals surface area contributed by atoms with Gasteiger partial charge in [0.05, 0.1) is 0 Å². The molecule has 3 heterocycles. The molecule has 0 radical (unpaired) electrons. The Bertz CT molecular complexity index is 3410. The van der Waals surface area contributed by atoms with Crippen LogP contribution in [0.5, 0.6) is 11.5 Å². The fourth-order valence-electron chi connectivity index (χ4n) is 9.71. The van der Waals surface area contributed by atoms with Gasteiger partial charge in [-0.05, 0) is 91.5 Å². The number of pyridine rings is 1. The zero-order valence-electron chi connectivity index (χ0n) is 42.8. The minimum atomic E-state index is -0.416. The second-order valence-electron chi connectivity index (χ2n) is 22.4. The molecule has 5 nitrogen and oxygen atoms in total. The molecule has 0 saturated heterocycles. The first-order chi connectivity index (χ1) is 33.3. The van der Waals surface area contributed by atoms with Crippen molar-refractivity contribution in [2.24, 2.45) is 0 Å². The van der Waals surface area contributed by atoms with E-state index in [0.29, 0.717) is 11.5 Å². The van der Waals surface area contributed by atoms with E-state index in [1.807, 2.05) is 6.20 Å². The predicted octanol–water partition coefficient (Wildman–Crippen LogP) is 17.1. The molecule has 0 atom stereocenters. The van der Waals surface area contributed by atoms with Crippen LogP contribution in [0.2, 0.25) is 0 Å². The summed E-state index contributed by atoms with van der Waals surface area (Å²) >= 11 is 0. The van der Waals surface area contributed by atoms with E-state index in [1.165, 1.54) is 33.4 Å². The summed E-state index contributed by atoms with van der Waals surface area (Å²) < 4.78 is 9.42. The molecule has 9 aromatic rings. The maximum Gasteiger partial charge on any atom is 0.135 e. The SMILES string of the molecule is CC(C)(C)c1cc(-c2ccccc2)cc(N2C=C(C(C)(C)c3ccccc3)N(c3[c-]c(Oc4[c-]c5c(c(C(C)(C)C)c4)c4ccccc4n5-c4cc(C(C)(C)C)ccn4)cc(-c4ccccc4)c3)[CH-]2)c1.[Pt]. The molecular weight excluding hydrogens is 1050 g/mol. The third kappa shape index (κ3) is 9.74. The quantitative estimate of drug-likeness (QED) is 0.135. The minimum absolute atomic E-state index is 0. The third-order valence-corrected chi connectivity index (χ3v) is 13.8. The number of allylic oxidation sites excluding steroid dienone is 1. The summed E-state index contributed by atoms with van der Waals surface area (Å²) in [6.07, 6.45) is 4.22. The van der Waals surface area contributed by atoms with Crippen LogP contribution >= 0.6 is 0 Å². The summed E-state index contributed by atoms with van der Waals surface area (Å²) in [5.41, 5.74) is 13.6. The zero-order chi connectivity index (χ0) is 49.2. The van der Waals surface area contributed by atoms with Crippen LogP contribution in [0.3, 0.4) is 0 Å².